The van der Waals surface area contributed by atoms with Gasteiger partial charge in [0, 0.05) is 0 Å². The zero-order chi connectivity index (χ0) is 9.68. The van der Waals surface area contributed by atoms with Crippen LogP contribution in [0.25, 0.3) is 0 Å². The zero-order valence-corrected chi connectivity index (χ0v) is 11.4. The van der Waals surface area contributed by atoms with Gasteiger partial charge in [-0.05, 0) is 0 Å². The average molecular weight is 355 g/mol. The topological polar surface area (TPSA) is 15.3 Å². The quantitative estimate of drug-likeness (QED) is 0.823. The van der Waals surface area contributed by atoms with Gasteiger partial charge >= 0.3 is 93.0 Å². The van der Waals surface area contributed by atoms with E-state index in [2.05, 4.69) is 22.7 Å². The minimum atomic E-state index is 0.762. The van der Waals surface area contributed by atoms with Gasteiger partial charge in [0.05, 0.1) is 0 Å². The SMILES string of the molecule is CC(C)C[N]([Re])CC1CCCCN1. The first kappa shape index (κ1) is 11.7. The first-order valence-corrected chi connectivity index (χ1v) is 6.54. The van der Waals surface area contributed by atoms with E-state index < -0.39 is 0 Å². The van der Waals surface area contributed by atoms with Crippen LogP contribution in [0.2, 0.25) is 0 Å². The first-order chi connectivity index (χ1) is 6.18. The molecule has 13 heavy (non-hydrogen) atoms. The van der Waals surface area contributed by atoms with Crippen molar-refractivity contribution >= 4 is 0 Å². The van der Waals surface area contributed by atoms with Gasteiger partial charge in [0.25, 0.3) is 0 Å². The van der Waals surface area contributed by atoms with Crippen LogP contribution in [0.1, 0.15) is 33.1 Å². The molecule has 1 aliphatic rings. The van der Waals surface area contributed by atoms with Crippen LogP contribution in [0, 0.1) is 5.92 Å². The van der Waals surface area contributed by atoms with Crippen LogP contribution in [0.5, 0.6) is 0 Å². The number of nitrogens with one attached hydrogen (secondary N) is 1. The Kier molecular flexibility index (Phi) is 5.50. The molecule has 0 radical (unpaired) electrons. The molecule has 2 nitrogen and oxygen atoms in total. The molecule has 0 aliphatic carbocycles. The molecule has 1 heterocycles. The third-order valence-electron chi connectivity index (χ3n) is 2.39. The molecule has 1 unspecified atom stereocenters. The van der Waals surface area contributed by atoms with E-state index in [4.69, 9.17) is 0 Å². The normalized spacial score (nSPS) is 24.2. The fourth-order valence-corrected chi connectivity index (χ4v) is 3.38. The zero-order valence-electron chi connectivity index (χ0n) is 8.72. The van der Waals surface area contributed by atoms with E-state index in [1.807, 2.05) is 19.4 Å². The molecule has 3 heteroatoms. The van der Waals surface area contributed by atoms with Gasteiger partial charge in [0.2, 0.25) is 0 Å². The van der Waals surface area contributed by atoms with Gasteiger partial charge in [-0.3, -0.25) is 0 Å². The molecular formula is C10H21N2Re. The van der Waals surface area contributed by atoms with Crippen molar-refractivity contribution < 1.29 is 19.4 Å². The van der Waals surface area contributed by atoms with Gasteiger partial charge < -0.3 is 0 Å². The summed E-state index contributed by atoms with van der Waals surface area (Å²) in [5.74, 6) is 0.800. The predicted molar refractivity (Wildman–Crippen MR) is 52.1 cm³/mol. The fourth-order valence-electron chi connectivity index (χ4n) is 1.79. The van der Waals surface area contributed by atoms with Crippen molar-refractivity contribution in [2.75, 3.05) is 19.6 Å². The molecule has 0 aromatic rings. The Morgan fingerprint density at radius 3 is 2.77 bits per heavy atom. The third kappa shape index (κ3) is 5.12. The first-order valence-electron chi connectivity index (χ1n) is 5.32. The Hall–Kier alpha value is 0.582. The van der Waals surface area contributed by atoms with E-state index in [-0.39, 0.29) is 0 Å². The molecule has 0 aromatic carbocycles. The number of hydrogen-bond donors (Lipinski definition) is 1. The van der Waals surface area contributed by atoms with Crippen molar-refractivity contribution in [2.24, 2.45) is 5.92 Å². The molecule has 1 rings (SSSR count). The van der Waals surface area contributed by atoms with Gasteiger partial charge in [-0.15, -0.1) is 0 Å². The van der Waals surface area contributed by atoms with Crippen LogP contribution in [0.4, 0.5) is 0 Å². The molecule has 0 amide bonds. The maximum atomic E-state index is 3.59. The Labute approximate surface area is 93.1 Å². The standard InChI is InChI=1S/C10H21N2.Re/c1-9(2)7-11-8-10-5-3-4-6-12-10;/h9-10,12H,3-8H2,1-2H3;/q-1;+1. The molecule has 78 valence electrons. The number of nitrogens with zero attached hydrogens (tertiary/aromatic N) is 1. The summed E-state index contributed by atoms with van der Waals surface area (Å²) in [5.41, 5.74) is 0. The average Bonchev–Trinajstić information content (AvgIpc) is 2.04. The number of piperidine rings is 1. The monoisotopic (exact) mass is 356 g/mol. The van der Waals surface area contributed by atoms with Crippen LogP contribution in [-0.2, 0) is 19.4 Å². The van der Waals surface area contributed by atoms with Gasteiger partial charge in [-0.2, -0.15) is 0 Å². The maximum absolute atomic E-state index is 3.59. The van der Waals surface area contributed by atoms with Crippen LogP contribution < -0.4 is 5.32 Å². The molecule has 1 fully saturated rings. The minimum absolute atomic E-state index is 0.762. The Morgan fingerprint density at radius 2 is 2.23 bits per heavy atom. The van der Waals surface area contributed by atoms with Crippen molar-refractivity contribution in [1.29, 1.82) is 0 Å². The van der Waals surface area contributed by atoms with Gasteiger partial charge in [0.15, 0.2) is 0 Å². The van der Waals surface area contributed by atoms with Crippen LogP contribution >= 0.6 is 0 Å². The Balaban J connectivity index is 2.14. The molecular weight excluding hydrogens is 334 g/mol. The van der Waals surface area contributed by atoms with Crippen molar-refractivity contribution in [3.63, 3.8) is 0 Å². The predicted octanol–water partition coefficient (Wildman–Crippen LogP) is 1.55. The van der Waals surface area contributed by atoms with E-state index in [0.29, 0.717) is 0 Å². The van der Waals surface area contributed by atoms with Crippen molar-refractivity contribution in [3.05, 3.63) is 0 Å². The van der Waals surface area contributed by atoms with Crippen LogP contribution in [-0.4, -0.2) is 29.2 Å². The summed E-state index contributed by atoms with van der Waals surface area (Å²) in [6.45, 7) is 8.30. The second-order valence-corrected chi connectivity index (χ2v) is 6.09. The molecule has 0 spiro atoms. The third-order valence-corrected chi connectivity index (χ3v) is 3.39. The summed E-state index contributed by atoms with van der Waals surface area (Å²) >= 11 is 1.83. The molecule has 0 bridgehead atoms. The Bertz CT molecular complexity index is 133. The van der Waals surface area contributed by atoms with Gasteiger partial charge in [-0.1, -0.05) is 0 Å². The molecule has 1 N–H and O–H groups in total. The van der Waals surface area contributed by atoms with E-state index >= 15 is 0 Å². The summed E-state index contributed by atoms with van der Waals surface area (Å²) in [6, 6.07) is 0.762. The summed E-state index contributed by atoms with van der Waals surface area (Å²) in [5, 5.41) is 3.59. The van der Waals surface area contributed by atoms with Crippen molar-refractivity contribution in [2.45, 2.75) is 39.2 Å². The number of hydrogen-bond acceptors (Lipinski definition) is 2. The van der Waals surface area contributed by atoms with Gasteiger partial charge in [-0.25, -0.2) is 0 Å². The van der Waals surface area contributed by atoms with Crippen LogP contribution in [0.15, 0.2) is 0 Å². The molecule has 0 aromatic heterocycles. The second-order valence-electron chi connectivity index (χ2n) is 4.37. The summed E-state index contributed by atoms with van der Waals surface area (Å²) in [6.07, 6.45) is 4.16. The summed E-state index contributed by atoms with van der Waals surface area (Å²) in [4.78, 5) is 0. The molecule has 1 atom stereocenters. The summed E-state index contributed by atoms with van der Waals surface area (Å²) < 4.78 is 2.51. The Morgan fingerprint density at radius 1 is 1.46 bits per heavy atom. The van der Waals surface area contributed by atoms with Gasteiger partial charge in [0.1, 0.15) is 0 Å². The van der Waals surface area contributed by atoms with E-state index in [0.717, 1.165) is 12.0 Å². The molecule has 1 aliphatic heterocycles. The van der Waals surface area contributed by atoms with E-state index in [9.17, 15) is 0 Å². The van der Waals surface area contributed by atoms with Crippen LogP contribution in [0.3, 0.4) is 0 Å². The molecule has 1 saturated heterocycles. The van der Waals surface area contributed by atoms with Crippen molar-refractivity contribution in [3.8, 4) is 0 Å². The number of rotatable bonds is 4. The van der Waals surface area contributed by atoms with Crippen molar-refractivity contribution in [1.82, 2.24) is 8.85 Å². The fraction of sp³-hybridized carbons (Fsp3) is 1.00. The second kappa shape index (κ2) is 6.14. The van der Waals surface area contributed by atoms with E-state index in [1.54, 1.807) is 0 Å². The van der Waals surface area contributed by atoms with E-state index in [1.165, 1.54) is 38.9 Å². The summed E-state index contributed by atoms with van der Waals surface area (Å²) in [7, 11) is 0. The molecule has 0 saturated carbocycles.